The number of hydrogen-bond donors (Lipinski definition) is 1. The minimum atomic E-state index is -4.55. The number of aromatic nitrogens is 4. The average molecular weight is 393 g/mol. The molecule has 3 aromatic rings. The van der Waals surface area contributed by atoms with Gasteiger partial charge in [-0.3, -0.25) is 9.89 Å². The number of amides is 1. The van der Waals surface area contributed by atoms with E-state index in [1.807, 2.05) is 0 Å². The fourth-order valence-corrected chi connectivity index (χ4v) is 3.64. The Labute approximate surface area is 157 Å². The summed E-state index contributed by atoms with van der Waals surface area (Å²) >= 11 is 0. The highest BCUT2D eigenvalue weighted by atomic mass is 19.4. The van der Waals surface area contributed by atoms with E-state index in [1.54, 1.807) is 17.9 Å². The molecule has 1 atom stereocenters. The van der Waals surface area contributed by atoms with Gasteiger partial charge in [0.05, 0.1) is 16.6 Å². The lowest BCUT2D eigenvalue weighted by Gasteiger charge is -2.31. The van der Waals surface area contributed by atoms with Crippen LogP contribution in [0.25, 0.3) is 11.1 Å². The molecule has 7 nitrogen and oxygen atoms in total. The molecule has 0 bridgehead atoms. The topological polar surface area (TPSA) is 87.9 Å². The Hall–Kier alpha value is -2.91. The number of likely N-dealkylation sites (tertiary alicyclic amines) is 1. The van der Waals surface area contributed by atoms with Gasteiger partial charge < -0.3 is 9.42 Å². The lowest BCUT2D eigenvalue weighted by molar-refractivity contribution is -0.136. The predicted octanol–water partition coefficient (Wildman–Crippen LogP) is 3.55. The largest absolute Gasteiger partial charge is 0.417 e. The van der Waals surface area contributed by atoms with E-state index >= 15 is 0 Å². The van der Waals surface area contributed by atoms with Crippen LogP contribution in [0.5, 0.6) is 0 Å². The maximum Gasteiger partial charge on any atom is 0.417 e. The van der Waals surface area contributed by atoms with Gasteiger partial charge in [-0.1, -0.05) is 12.1 Å². The number of rotatable bonds is 3. The summed E-state index contributed by atoms with van der Waals surface area (Å²) in [6, 6.07) is 2.62. The van der Waals surface area contributed by atoms with E-state index < -0.39 is 11.7 Å². The number of pyridine rings is 1. The second-order valence-corrected chi connectivity index (χ2v) is 6.82. The van der Waals surface area contributed by atoms with Gasteiger partial charge in [0.15, 0.2) is 0 Å². The van der Waals surface area contributed by atoms with Gasteiger partial charge in [-0.05, 0) is 31.4 Å². The van der Waals surface area contributed by atoms with Crippen molar-refractivity contribution in [3.05, 3.63) is 41.0 Å². The molecular formula is C18H18F3N5O2. The highest BCUT2D eigenvalue weighted by molar-refractivity contribution is 5.92. The molecule has 28 heavy (non-hydrogen) atoms. The minimum absolute atomic E-state index is 0.106. The number of hydrogen-bond acceptors (Lipinski definition) is 5. The van der Waals surface area contributed by atoms with Crippen LogP contribution in [0.15, 0.2) is 22.9 Å². The molecule has 10 heteroatoms. The fourth-order valence-electron chi connectivity index (χ4n) is 3.64. The van der Waals surface area contributed by atoms with Gasteiger partial charge in [-0.25, -0.2) is 4.98 Å². The minimum Gasteiger partial charge on any atom is -0.337 e. The standard InChI is InChI=1S/C18H18F3N5O2/c1-2-11-8-12(18(19,20)21)14-15(25-28-16(14)23-11)10-4-3-7-26(9-10)17(27)13-5-6-22-24-13/h5-6,8,10H,2-4,7,9H2,1H3,(H,22,24)/t10-/m1/s1. The summed E-state index contributed by atoms with van der Waals surface area (Å²) in [7, 11) is 0. The molecule has 3 aromatic heterocycles. The summed E-state index contributed by atoms with van der Waals surface area (Å²) in [5.41, 5.74) is -0.0565. The number of aromatic amines is 1. The lowest BCUT2D eigenvalue weighted by atomic mass is 9.91. The lowest BCUT2D eigenvalue weighted by Crippen LogP contribution is -2.39. The summed E-state index contributed by atoms with van der Waals surface area (Å²) in [5, 5.41) is 10.2. The SMILES string of the molecule is CCc1cc(C(F)(F)F)c2c([C@@H]3CCCN(C(=O)c4ccn[nH]4)C3)noc2n1. The first-order chi connectivity index (χ1) is 13.4. The van der Waals surface area contributed by atoms with Crippen molar-refractivity contribution in [2.75, 3.05) is 13.1 Å². The molecule has 1 aliphatic rings. The number of fused-ring (bicyclic) bond motifs is 1. The van der Waals surface area contributed by atoms with E-state index in [2.05, 4.69) is 20.3 Å². The summed E-state index contributed by atoms with van der Waals surface area (Å²) in [6.07, 6.45) is -1.45. The number of nitrogens with zero attached hydrogens (tertiary/aromatic N) is 4. The first-order valence-electron chi connectivity index (χ1n) is 9.03. The van der Waals surface area contributed by atoms with Crippen molar-refractivity contribution < 1.29 is 22.5 Å². The van der Waals surface area contributed by atoms with Crippen LogP contribution < -0.4 is 0 Å². The molecule has 0 unspecified atom stereocenters. The van der Waals surface area contributed by atoms with Crippen molar-refractivity contribution in [3.63, 3.8) is 0 Å². The van der Waals surface area contributed by atoms with Crippen LogP contribution in [-0.4, -0.2) is 44.2 Å². The van der Waals surface area contributed by atoms with E-state index in [4.69, 9.17) is 4.52 Å². The van der Waals surface area contributed by atoms with Crippen molar-refractivity contribution >= 4 is 17.0 Å². The van der Waals surface area contributed by atoms with Crippen LogP contribution >= 0.6 is 0 Å². The van der Waals surface area contributed by atoms with Crippen LogP contribution in [-0.2, 0) is 12.6 Å². The summed E-state index contributed by atoms with van der Waals surface area (Å²) in [5.74, 6) is -0.602. The van der Waals surface area contributed by atoms with Crippen LogP contribution in [0.2, 0.25) is 0 Å². The number of carbonyl (C=O) groups is 1. The third-order valence-corrected chi connectivity index (χ3v) is 5.02. The maximum atomic E-state index is 13.7. The molecular weight excluding hydrogens is 375 g/mol. The molecule has 1 fully saturated rings. The first kappa shape index (κ1) is 18.5. The van der Waals surface area contributed by atoms with Crippen molar-refractivity contribution in [1.82, 2.24) is 25.2 Å². The number of H-pyrrole nitrogens is 1. The van der Waals surface area contributed by atoms with Crippen molar-refractivity contribution in [2.45, 2.75) is 38.3 Å². The summed E-state index contributed by atoms with van der Waals surface area (Å²) in [4.78, 5) is 18.3. The van der Waals surface area contributed by atoms with E-state index in [-0.39, 0.29) is 35.2 Å². The summed E-state index contributed by atoms with van der Waals surface area (Å²) < 4.78 is 46.2. The highest BCUT2D eigenvalue weighted by Gasteiger charge is 2.38. The number of carbonyl (C=O) groups excluding carboxylic acids is 1. The Bertz CT molecular complexity index is 997. The number of nitrogens with one attached hydrogen (secondary N) is 1. The zero-order chi connectivity index (χ0) is 19.9. The van der Waals surface area contributed by atoms with Crippen LogP contribution in [0.1, 0.15) is 53.1 Å². The molecule has 4 heterocycles. The van der Waals surface area contributed by atoms with Gasteiger partial charge in [-0.2, -0.15) is 18.3 Å². The average Bonchev–Trinajstić information content (AvgIpc) is 3.35. The van der Waals surface area contributed by atoms with Gasteiger partial charge in [0, 0.05) is 30.9 Å². The smallest absolute Gasteiger partial charge is 0.337 e. The van der Waals surface area contributed by atoms with E-state index in [9.17, 15) is 18.0 Å². The third-order valence-electron chi connectivity index (χ3n) is 5.02. The molecule has 0 spiro atoms. The molecule has 0 saturated carbocycles. The predicted molar refractivity (Wildman–Crippen MR) is 92.7 cm³/mol. The van der Waals surface area contributed by atoms with Crippen molar-refractivity contribution in [3.8, 4) is 0 Å². The van der Waals surface area contributed by atoms with E-state index in [0.717, 1.165) is 6.07 Å². The Morgan fingerprint density at radius 2 is 2.25 bits per heavy atom. The van der Waals surface area contributed by atoms with E-state index in [0.29, 0.717) is 37.2 Å². The molecule has 1 aliphatic heterocycles. The molecule has 0 radical (unpaired) electrons. The van der Waals surface area contributed by atoms with Crippen molar-refractivity contribution in [2.24, 2.45) is 0 Å². The maximum absolute atomic E-state index is 13.7. The van der Waals surface area contributed by atoms with Crippen molar-refractivity contribution in [1.29, 1.82) is 0 Å². The number of aryl methyl sites for hydroxylation is 1. The Balaban J connectivity index is 1.71. The molecule has 1 N–H and O–H groups in total. The van der Waals surface area contributed by atoms with Gasteiger partial charge in [-0.15, -0.1) is 0 Å². The summed E-state index contributed by atoms with van der Waals surface area (Å²) in [6.45, 7) is 2.51. The molecule has 1 saturated heterocycles. The van der Waals surface area contributed by atoms with Crippen LogP contribution in [0, 0.1) is 0 Å². The molecule has 1 amide bonds. The number of halogens is 3. The second kappa shape index (κ2) is 6.92. The zero-order valence-corrected chi connectivity index (χ0v) is 15.1. The molecule has 0 aromatic carbocycles. The normalized spacial score (nSPS) is 18.0. The molecule has 4 rings (SSSR count). The molecule has 148 valence electrons. The number of alkyl halides is 3. The first-order valence-corrected chi connectivity index (χ1v) is 9.03. The van der Waals surface area contributed by atoms with Gasteiger partial charge in [0.25, 0.3) is 11.6 Å². The Kier molecular flexibility index (Phi) is 4.56. The van der Waals surface area contributed by atoms with E-state index in [1.165, 1.54) is 6.20 Å². The van der Waals surface area contributed by atoms with Gasteiger partial charge in [0.2, 0.25) is 0 Å². The number of piperidine rings is 1. The van der Waals surface area contributed by atoms with Crippen LogP contribution in [0.4, 0.5) is 13.2 Å². The quantitative estimate of drug-likeness (QED) is 0.735. The Morgan fingerprint density at radius 1 is 1.43 bits per heavy atom. The third kappa shape index (κ3) is 3.23. The highest BCUT2D eigenvalue weighted by Crippen LogP contribution is 2.40. The van der Waals surface area contributed by atoms with Gasteiger partial charge >= 0.3 is 6.18 Å². The monoisotopic (exact) mass is 393 g/mol. The molecule has 0 aliphatic carbocycles. The Morgan fingerprint density at radius 3 is 2.93 bits per heavy atom. The second-order valence-electron chi connectivity index (χ2n) is 6.82. The zero-order valence-electron chi connectivity index (χ0n) is 15.1. The van der Waals surface area contributed by atoms with Gasteiger partial charge in [0.1, 0.15) is 5.69 Å². The fraction of sp³-hybridized carbons (Fsp3) is 0.444. The van der Waals surface area contributed by atoms with Crippen LogP contribution in [0.3, 0.4) is 0 Å².